The van der Waals surface area contributed by atoms with Gasteiger partial charge in [0.05, 0.1) is 17.0 Å². The van der Waals surface area contributed by atoms with E-state index >= 15 is 0 Å². The molecule has 0 radical (unpaired) electrons. The average molecular weight is 490 g/mol. The molecular weight excluding hydrogens is 459 g/mol. The van der Waals surface area contributed by atoms with Gasteiger partial charge in [-0.3, -0.25) is 10.1 Å². The molecule has 1 aromatic rings. The fourth-order valence-corrected chi connectivity index (χ4v) is 3.56. The molecule has 152 valence electrons. The van der Waals surface area contributed by atoms with Crippen molar-refractivity contribution in [3.8, 4) is 0 Å². The number of methoxy groups -OCH3 is 1. The van der Waals surface area contributed by atoms with Gasteiger partial charge in [-0.15, -0.1) is 24.0 Å². The Bertz CT molecular complexity index is 619. The van der Waals surface area contributed by atoms with Gasteiger partial charge in [-0.2, -0.15) is 0 Å². The summed E-state index contributed by atoms with van der Waals surface area (Å²) in [7, 11) is 1.74. The van der Waals surface area contributed by atoms with Gasteiger partial charge in [0.25, 0.3) is 5.69 Å². The topological polar surface area (TPSA) is 88.8 Å². The highest BCUT2D eigenvalue weighted by atomic mass is 127. The number of para-hydroxylation sites is 1. The fraction of sp³-hybridized carbons (Fsp3) is 0.632. The van der Waals surface area contributed by atoms with E-state index in [0.717, 1.165) is 26.1 Å². The van der Waals surface area contributed by atoms with E-state index in [1.165, 1.54) is 31.7 Å². The zero-order valence-corrected chi connectivity index (χ0v) is 18.5. The summed E-state index contributed by atoms with van der Waals surface area (Å²) in [4.78, 5) is 15.3. The largest absolute Gasteiger partial charge is 0.385 e. The van der Waals surface area contributed by atoms with Crippen molar-refractivity contribution < 1.29 is 9.66 Å². The molecule has 1 saturated carbocycles. The van der Waals surface area contributed by atoms with Crippen LogP contribution in [0.15, 0.2) is 29.3 Å². The Balaban J connectivity index is 0.00000364. The van der Waals surface area contributed by atoms with Crippen molar-refractivity contribution in [2.45, 2.75) is 45.6 Å². The molecule has 7 nitrogen and oxygen atoms in total. The molecule has 0 aromatic heterocycles. The number of ether oxygens (including phenoxy) is 1. The predicted octanol–water partition coefficient (Wildman–Crippen LogP) is 3.86. The first-order chi connectivity index (χ1) is 12.6. The maximum Gasteiger partial charge on any atom is 0.274 e. The smallest absolute Gasteiger partial charge is 0.274 e. The molecule has 0 bridgehead atoms. The molecule has 2 N–H and O–H groups in total. The molecule has 1 fully saturated rings. The van der Waals surface area contributed by atoms with Gasteiger partial charge in [-0.25, -0.2) is 4.99 Å². The molecule has 0 unspecified atom stereocenters. The fourth-order valence-electron chi connectivity index (χ4n) is 3.56. The monoisotopic (exact) mass is 490 g/mol. The summed E-state index contributed by atoms with van der Waals surface area (Å²) in [5.74, 6) is 0.703. The Morgan fingerprint density at radius 2 is 2.00 bits per heavy atom. The second kappa shape index (κ2) is 12.1. The molecule has 1 aromatic carbocycles. The molecule has 1 aliphatic rings. The van der Waals surface area contributed by atoms with Gasteiger partial charge >= 0.3 is 0 Å². The van der Waals surface area contributed by atoms with Gasteiger partial charge in [0.15, 0.2) is 5.96 Å². The summed E-state index contributed by atoms with van der Waals surface area (Å²) in [5.41, 5.74) is 0.981. The minimum absolute atomic E-state index is 0. The zero-order valence-electron chi connectivity index (χ0n) is 16.2. The summed E-state index contributed by atoms with van der Waals surface area (Å²) >= 11 is 0. The highest BCUT2D eigenvalue weighted by Gasteiger charge is 2.33. The molecule has 27 heavy (non-hydrogen) atoms. The Morgan fingerprint density at radius 3 is 2.63 bits per heavy atom. The van der Waals surface area contributed by atoms with Crippen LogP contribution in [0.2, 0.25) is 0 Å². The number of hydrogen-bond donors (Lipinski definition) is 2. The third-order valence-corrected chi connectivity index (χ3v) is 5.07. The van der Waals surface area contributed by atoms with Crippen LogP contribution < -0.4 is 10.6 Å². The minimum Gasteiger partial charge on any atom is -0.385 e. The third-order valence-electron chi connectivity index (χ3n) is 5.07. The molecule has 0 heterocycles. The number of nitro groups is 1. The van der Waals surface area contributed by atoms with Gasteiger partial charge in [0, 0.05) is 32.9 Å². The molecule has 0 spiro atoms. The molecule has 0 amide bonds. The van der Waals surface area contributed by atoms with Crippen molar-refractivity contribution >= 4 is 35.6 Å². The molecule has 2 rings (SSSR count). The van der Waals surface area contributed by atoms with E-state index < -0.39 is 0 Å². The highest BCUT2D eigenvalue weighted by molar-refractivity contribution is 14.0. The van der Waals surface area contributed by atoms with Crippen LogP contribution in [0.1, 0.15) is 44.6 Å². The van der Waals surface area contributed by atoms with E-state index in [1.54, 1.807) is 25.3 Å². The SMILES string of the molecule is CCNC(=NCc1ccccc1[N+](=O)[O-])NCC1(CCOC)CCCC1.I. The number of nitrogens with zero attached hydrogens (tertiary/aromatic N) is 2. The van der Waals surface area contributed by atoms with Crippen LogP contribution in [0.5, 0.6) is 0 Å². The molecule has 0 aliphatic heterocycles. The summed E-state index contributed by atoms with van der Waals surface area (Å²) in [5, 5.41) is 17.8. The zero-order chi connectivity index (χ0) is 18.8. The van der Waals surface area contributed by atoms with Crippen LogP contribution in [-0.4, -0.2) is 37.7 Å². The van der Waals surface area contributed by atoms with Crippen LogP contribution in [0.25, 0.3) is 0 Å². The highest BCUT2D eigenvalue weighted by Crippen LogP contribution is 2.40. The van der Waals surface area contributed by atoms with Crippen molar-refractivity contribution in [2.75, 3.05) is 26.8 Å². The number of nitrogens with one attached hydrogen (secondary N) is 2. The molecule has 0 atom stereocenters. The van der Waals surface area contributed by atoms with E-state index in [0.29, 0.717) is 11.5 Å². The second-order valence-corrected chi connectivity index (χ2v) is 6.88. The third kappa shape index (κ3) is 7.25. The lowest BCUT2D eigenvalue weighted by Crippen LogP contribution is -2.43. The number of halogens is 1. The number of hydrogen-bond acceptors (Lipinski definition) is 4. The maximum atomic E-state index is 11.1. The number of rotatable bonds is 9. The first-order valence-corrected chi connectivity index (χ1v) is 9.33. The number of benzene rings is 1. The Morgan fingerprint density at radius 1 is 1.30 bits per heavy atom. The molecule has 8 heteroatoms. The van der Waals surface area contributed by atoms with Crippen molar-refractivity contribution in [1.29, 1.82) is 0 Å². The van der Waals surface area contributed by atoms with Crippen LogP contribution in [-0.2, 0) is 11.3 Å². The standard InChI is InChI=1S/C19H30N4O3.HI/c1-3-20-18(21-14-16-8-4-5-9-17(16)23(24)25)22-15-19(12-13-26-2)10-6-7-11-19;/h4-5,8-9H,3,6-7,10-15H2,1-2H3,(H2,20,21,22);1H. The molecule has 0 saturated heterocycles. The van der Waals surface area contributed by atoms with E-state index in [2.05, 4.69) is 15.6 Å². The number of nitro benzene ring substituents is 1. The lowest BCUT2D eigenvalue weighted by Gasteiger charge is -2.30. The second-order valence-electron chi connectivity index (χ2n) is 6.88. The van der Waals surface area contributed by atoms with Gasteiger partial charge in [0.2, 0.25) is 0 Å². The van der Waals surface area contributed by atoms with Gasteiger partial charge < -0.3 is 15.4 Å². The van der Waals surface area contributed by atoms with E-state index in [9.17, 15) is 10.1 Å². The van der Waals surface area contributed by atoms with E-state index in [1.807, 2.05) is 6.92 Å². The Hall–Kier alpha value is -1.42. The van der Waals surface area contributed by atoms with Crippen LogP contribution in [0, 0.1) is 15.5 Å². The van der Waals surface area contributed by atoms with Crippen molar-refractivity contribution in [3.05, 3.63) is 39.9 Å². The minimum atomic E-state index is -0.358. The van der Waals surface area contributed by atoms with Crippen molar-refractivity contribution in [2.24, 2.45) is 10.4 Å². The van der Waals surface area contributed by atoms with Crippen molar-refractivity contribution in [3.63, 3.8) is 0 Å². The summed E-state index contributed by atoms with van der Waals surface area (Å²) in [6, 6.07) is 6.75. The van der Waals surface area contributed by atoms with E-state index in [4.69, 9.17) is 4.74 Å². The normalized spacial score (nSPS) is 15.9. The van der Waals surface area contributed by atoms with Gasteiger partial charge in [-0.1, -0.05) is 31.0 Å². The first kappa shape index (κ1) is 23.6. The van der Waals surface area contributed by atoms with Gasteiger partial charge in [-0.05, 0) is 31.6 Å². The summed E-state index contributed by atoms with van der Waals surface area (Å²) in [6.07, 6.45) is 5.96. The first-order valence-electron chi connectivity index (χ1n) is 9.33. The average Bonchev–Trinajstić information content (AvgIpc) is 3.11. The lowest BCUT2D eigenvalue weighted by molar-refractivity contribution is -0.385. The Labute approximate surface area is 178 Å². The summed E-state index contributed by atoms with van der Waals surface area (Å²) in [6.45, 7) is 4.65. The Kier molecular flexibility index (Phi) is 10.6. The number of guanidine groups is 1. The molecular formula is C19H31IN4O3. The van der Waals surface area contributed by atoms with Crippen LogP contribution in [0.4, 0.5) is 5.69 Å². The van der Waals surface area contributed by atoms with Gasteiger partial charge in [0.1, 0.15) is 0 Å². The van der Waals surface area contributed by atoms with E-state index in [-0.39, 0.29) is 46.5 Å². The maximum absolute atomic E-state index is 11.1. The van der Waals surface area contributed by atoms with Crippen molar-refractivity contribution in [1.82, 2.24) is 10.6 Å². The van der Waals surface area contributed by atoms with Crippen LogP contribution >= 0.6 is 24.0 Å². The number of aliphatic imine (C=N–C) groups is 1. The predicted molar refractivity (Wildman–Crippen MR) is 119 cm³/mol. The molecule has 1 aliphatic carbocycles. The summed E-state index contributed by atoms with van der Waals surface area (Å²) < 4.78 is 5.29. The van der Waals surface area contributed by atoms with Crippen LogP contribution in [0.3, 0.4) is 0 Å². The quantitative estimate of drug-likeness (QED) is 0.181. The lowest BCUT2D eigenvalue weighted by atomic mass is 9.83.